The van der Waals surface area contributed by atoms with Crippen LogP contribution < -0.4 is 15.4 Å². The second-order valence-electron chi connectivity index (χ2n) is 6.51. The zero-order valence-corrected chi connectivity index (χ0v) is 16.6. The largest absolute Gasteiger partial charge is 0.491 e. The molecule has 2 heterocycles. The first-order valence-corrected chi connectivity index (χ1v) is 8.94. The standard InChI is InChI=1S/C20H22FN5O3/c1-12(2)29-14-7-5-13(6-8-14)23-20-22-11-15(21)18(25-20)24-16-9-10-26(3)17(16)19(27)28-4/h5-12H,1-4H3,(H2,22,23,24,25). The van der Waals surface area contributed by atoms with Gasteiger partial charge in [-0.05, 0) is 44.2 Å². The number of esters is 1. The van der Waals surface area contributed by atoms with Crippen molar-refractivity contribution >= 4 is 29.1 Å². The molecule has 0 fully saturated rings. The second kappa shape index (κ2) is 8.59. The first-order valence-electron chi connectivity index (χ1n) is 8.94. The average Bonchev–Trinajstić information content (AvgIpc) is 3.05. The van der Waals surface area contributed by atoms with Crippen molar-refractivity contribution in [3.05, 3.63) is 54.2 Å². The Kier molecular flexibility index (Phi) is 5.96. The Hall–Kier alpha value is -3.62. The van der Waals surface area contributed by atoms with Gasteiger partial charge in [-0.15, -0.1) is 0 Å². The third kappa shape index (κ3) is 4.81. The molecular weight excluding hydrogens is 377 g/mol. The number of anilines is 4. The summed E-state index contributed by atoms with van der Waals surface area (Å²) >= 11 is 0. The molecule has 0 radical (unpaired) electrons. The molecular formula is C20H22FN5O3. The van der Waals surface area contributed by atoms with E-state index in [0.717, 1.165) is 11.9 Å². The SMILES string of the molecule is COC(=O)c1c(Nc2nc(Nc3ccc(OC(C)C)cc3)ncc2F)ccn1C. The van der Waals surface area contributed by atoms with E-state index < -0.39 is 11.8 Å². The van der Waals surface area contributed by atoms with Gasteiger partial charge in [0.25, 0.3) is 0 Å². The maximum absolute atomic E-state index is 14.2. The van der Waals surface area contributed by atoms with Crippen molar-refractivity contribution in [2.45, 2.75) is 20.0 Å². The topological polar surface area (TPSA) is 90.3 Å². The molecule has 3 rings (SSSR count). The summed E-state index contributed by atoms with van der Waals surface area (Å²) in [4.78, 5) is 20.1. The summed E-state index contributed by atoms with van der Waals surface area (Å²) < 4.78 is 26.2. The summed E-state index contributed by atoms with van der Waals surface area (Å²) in [6, 6.07) is 8.89. The molecule has 0 amide bonds. The molecule has 0 aliphatic rings. The van der Waals surface area contributed by atoms with E-state index in [1.54, 1.807) is 23.9 Å². The quantitative estimate of drug-likeness (QED) is 0.580. The van der Waals surface area contributed by atoms with Crippen LogP contribution in [0.4, 0.5) is 27.5 Å². The fraction of sp³-hybridized carbons (Fsp3) is 0.250. The van der Waals surface area contributed by atoms with Gasteiger partial charge in [-0.3, -0.25) is 0 Å². The first-order chi connectivity index (χ1) is 13.9. The maximum Gasteiger partial charge on any atom is 0.356 e. The predicted octanol–water partition coefficient (Wildman–Crippen LogP) is 4.02. The van der Waals surface area contributed by atoms with Gasteiger partial charge in [0.05, 0.1) is 25.1 Å². The van der Waals surface area contributed by atoms with Gasteiger partial charge in [0.1, 0.15) is 5.75 Å². The lowest BCUT2D eigenvalue weighted by Crippen LogP contribution is -2.11. The molecule has 1 aromatic carbocycles. The molecule has 0 atom stereocenters. The minimum absolute atomic E-state index is 0.0707. The minimum Gasteiger partial charge on any atom is -0.491 e. The lowest BCUT2D eigenvalue weighted by Gasteiger charge is -2.12. The van der Waals surface area contributed by atoms with Crippen LogP contribution in [0, 0.1) is 5.82 Å². The van der Waals surface area contributed by atoms with Crippen molar-refractivity contribution in [2.24, 2.45) is 7.05 Å². The second-order valence-corrected chi connectivity index (χ2v) is 6.51. The van der Waals surface area contributed by atoms with E-state index in [-0.39, 0.29) is 23.6 Å². The van der Waals surface area contributed by atoms with Crippen LogP contribution in [0.1, 0.15) is 24.3 Å². The predicted molar refractivity (Wildman–Crippen MR) is 108 cm³/mol. The molecule has 2 N–H and O–H groups in total. The summed E-state index contributed by atoms with van der Waals surface area (Å²) in [5.74, 6) is -0.333. The maximum atomic E-state index is 14.2. The van der Waals surface area contributed by atoms with Crippen LogP contribution in [0.3, 0.4) is 0 Å². The van der Waals surface area contributed by atoms with Gasteiger partial charge in [-0.2, -0.15) is 4.98 Å². The van der Waals surface area contributed by atoms with Crippen molar-refractivity contribution in [2.75, 3.05) is 17.7 Å². The van der Waals surface area contributed by atoms with Crippen LogP contribution in [0.5, 0.6) is 5.75 Å². The molecule has 8 nitrogen and oxygen atoms in total. The van der Waals surface area contributed by atoms with Crippen molar-refractivity contribution in [1.29, 1.82) is 0 Å². The van der Waals surface area contributed by atoms with Gasteiger partial charge < -0.3 is 24.7 Å². The summed E-state index contributed by atoms with van der Waals surface area (Å²) in [6.07, 6.45) is 2.79. The number of rotatable bonds is 7. The number of methoxy groups -OCH3 is 1. The van der Waals surface area contributed by atoms with Crippen LogP contribution in [0.25, 0.3) is 0 Å². The Bertz CT molecular complexity index is 1000. The third-order valence-electron chi connectivity index (χ3n) is 3.93. The Balaban J connectivity index is 1.79. The van der Waals surface area contributed by atoms with Gasteiger partial charge in [-0.25, -0.2) is 14.2 Å². The van der Waals surface area contributed by atoms with Crippen LogP contribution in [0.15, 0.2) is 42.7 Å². The van der Waals surface area contributed by atoms with Crippen molar-refractivity contribution in [1.82, 2.24) is 14.5 Å². The number of hydrogen-bond donors (Lipinski definition) is 2. The van der Waals surface area contributed by atoms with Crippen LogP contribution >= 0.6 is 0 Å². The van der Waals surface area contributed by atoms with E-state index in [0.29, 0.717) is 11.4 Å². The van der Waals surface area contributed by atoms with Crippen molar-refractivity contribution in [3.8, 4) is 5.75 Å². The number of hydrogen-bond acceptors (Lipinski definition) is 7. The first kappa shape index (κ1) is 20.1. The molecule has 0 spiro atoms. The molecule has 0 unspecified atom stereocenters. The van der Waals surface area contributed by atoms with Gasteiger partial charge in [0, 0.05) is 18.9 Å². The molecule has 29 heavy (non-hydrogen) atoms. The van der Waals surface area contributed by atoms with Crippen LogP contribution in [-0.4, -0.2) is 33.7 Å². The Labute approximate surface area is 167 Å². The Morgan fingerprint density at radius 2 is 1.90 bits per heavy atom. The number of nitrogens with zero attached hydrogens (tertiary/aromatic N) is 3. The summed E-state index contributed by atoms with van der Waals surface area (Å²) in [6.45, 7) is 3.90. The van der Waals surface area contributed by atoms with Crippen LogP contribution in [-0.2, 0) is 11.8 Å². The Morgan fingerprint density at radius 1 is 1.17 bits per heavy atom. The summed E-state index contributed by atoms with van der Waals surface area (Å²) in [5, 5.41) is 5.84. The van der Waals surface area contributed by atoms with Crippen molar-refractivity contribution in [3.63, 3.8) is 0 Å². The molecule has 3 aromatic rings. The number of halogens is 1. The molecule has 9 heteroatoms. The molecule has 0 aliphatic carbocycles. The van der Waals surface area contributed by atoms with Gasteiger partial charge >= 0.3 is 5.97 Å². The zero-order valence-electron chi connectivity index (χ0n) is 16.6. The van der Waals surface area contributed by atoms with E-state index in [9.17, 15) is 9.18 Å². The van der Waals surface area contributed by atoms with Gasteiger partial charge in [0.15, 0.2) is 17.3 Å². The Morgan fingerprint density at radius 3 is 2.55 bits per heavy atom. The van der Waals surface area contributed by atoms with E-state index in [4.69, 9.17) is 9.47 Å². The monoisotopic (exact) mass is 399 g/mol. The fourth-order valence-electron chi connectivity index (χ4n) is 2.64. The molecule has 0 saturated carbocycles. The highest BCUT2D eigenvalue weighted by Gasteiger charge is 2.18. The number of carbonyl (C=O) groups is 1. The fourth-order valence-corrected chi connectivity index (χ4v) is 2.64. The molecule has 2 aromatic heterocycles. The third-order valence-corrected chi connectivity index (χ3v) is 3.93. The lowest BCUT2D eigenvalue weighted by molar-refractivity contribution is 0.0591. The van der Waals surface area contributed by atoms with E-state index in [2.05, 4.69) is 20.6 Å². The van der Waals surface area contributed by atoms with Crippen LogP contribution in [0.2, 0.25) is 0 Å². The number of benzene rings is 1. The summed E-state index contributed by atoms with van der Waals surface area (Å²) in [7, 11) is 2.97. The molecule has 152 valence electrons. The highest BCUT2D eigenvalue weighted by atomic mass is 19.1. The van der Waals surface area contributed by atoms with Gasteiger partial charge in [-0.1, -0.05) is 0 Å². The zero-order chi connectivity index (χ0) is 21.0. The molecule has 0 saturated heterocycles. The summed E-state index contributed by atoms with van der Waals surface area (Å²) in [5.41, 5.74) is 1.34. The molecule has 0 aliphatic heterocycles. The van der Waals surface area contributed by atoms with Crippen molar-refractivity contribution < 1.29 is 18.7 Å². The molecule has 0 bridgehead atoms. The minimum atomic E-state index is -0.657. The smallest absolute Gasteiger partial charge is 0.356 e. The average molecular weight is 399 g/mol. The van der Waals surface area contributed by atoms with E-state index in [1.165, 1.54) is 7.11 Å². The highest BCUT2D eigenvalue weighted by molar-refractivity contribution is 5.94. The number of nitrogens with one attached hydrogen (secondary N) is 2. The number of carbonyl (C=O) groups excluding carboxylic acids is 1. The van der Waals surface area contributed by atoms with Gasteiger partial charge in [0.2, 0.25) is 5.95 Å². The number of aromatic nitrogens is 3. The normalized spacial score (nSPS) is 10.7. The number of aryl methyl sites for hydroxylation is 1. The van der Waals surface area contributed by atoms with E-state index in [1.807, 2.05) is 38.1 Å². The lowest BCUT2D eigenvalue weighted by atomic mass is 10.3. The highest BCUT2D eigenvalue weighted by Crippen LogP contribution is 2.25. The van der Waals surface area contributed by atoms with E-state index >= 15 is 0 Å². The number of ether oxygens (including phenoxy) is 2.